The number of halogens is 1. The molecule has 0 fully saturated rings. The van der Waals surface area contributed by atoms with Crippen molar-refractivity contribution >= 4 is 21.8 Å². The van der Waals surface area contributed by atoms with Crippen LogP contribution in [0.25, 0.3) is 0 Å². The highest BCUT2D eigenvalue weighted by Gasteiger charge is 2.12. The van der Waals surface area contributed by atoms with Crippen LogP contribution < -0.4 is 10.5 Å². The average molecular weight is 324 g/mol. The number of nitrogens with one attached hydrogen (secondary N) is 1. The fourth-order valence-corrected chi connectivity index (χ4v) is 2.24. The van der Waals surface area contributed by atoms with Crippen LogP contribution in [0.1, 0.15) is 5.56 Å². The molecule has 8 heteroatoms. The quantitative estimate of drug-likeness (QED) is 0.901. The minimum atomic E-state index is -4.07. The predicted octanol–water partition coefficient (Wildman–Crippen LogP) is 2.22. The Hall–Kier alpha value is -2.45. The van der Waals surface area contributed by atoms with Gasteiger partial charge in [0.05, 0.1) is 4.90 Å². The van der Waals surface area contributed by atoms with E-state index < -0.39 is 26.8 Å². The zero-order valence-electron chi connectivity index (χ0n) is 11.3. The first-order chi connectivity index (χ1) is 10.3. The number of carbonyl (C=O) groups excluding carboxylic acids is 1. The number of rotatable bonds is 4. The summed E-state index contributed by atoms with van der Waals surface area (Å²) >= 11 is 0. The maximum Gasteiger partial charge on any atom is 0.411 e. The van der Waals surface area contributed by atoms with Crippen molar-refractivity contribution < 1.29 is 22.3 Å². The maximum atomic E-state index is 13.3. The smallest absolute Gasteiger partial charge is 0.411 e. The zero-order chi connectivity index (χ0) is 16.2. The fraction of sp³-hybridized carbons (Fsp3) is 0.0714. The molecule has 0 aromatic heterocycles. The van der Waals surface area contributed by atoms with Crippen LogP contribution in [0.2, 0.25) is 0 Å². The Morgan fingerprint density at radius 2 is 1.86 bits per heavy atom. The van der Waals surface area contributed by atoms with E-state index in [1.54, 1.807) is 24.3 Å². The molecule has 116 valence electrons. The summed E-state index contributed by atoms with van der Waals surface area (Å²) in [5.74, 6) is -0.843. The molecule has 0 aliphatic carbocycles. The van der Waals surface area contributed by atoms with Gasteiger partial charge in [-0.3, -0.25) is 5.32 Å². The van der Waals surface area contributed by atoms with E-state index in [9.17, 15) is 17.6 Å². The molecular weight excluding hydrogens is 311 g/mol. The van der Waals surface area contributed by atoms with Gasteiger partial charge >= 0.3 is 6.09 Å². The summed E-state index contributed by atoms with van der Waals surface area (Å²) in [6.45, 7) is 0.0318. The molecule has 0 radical (unpaired) electrons. The Kier molecular flexibility index (Phi) is 4.74. The summed E-state index contributed by atoms with van der Waals surface area (Å²) in [4.78, 5) is 11.2. The van der Waals surface area contributed by atoms with Crippen molar-refractivity contribution in [2.45, 2.75) is 11.5 Å². The van der Waals surface area contributed by atoms with Gasteiger partial charge in [-0.2, -0.15) is 0 Å². The van der Waals surface area contributed by atoms with E-state index in [1.807, 2.05) is 6.07 Å². The molecule has 0 spiro atoms. The predicted molar refractivity (Wildman–Crippen MR) is 78.0 cm³/mol. The second-order valence-corrected chi connectivity index (χ2v) is 5.97. The Labute approximate surface area is 126 Å². The normalized spacial score (nSPS) is 11.0. The molecule has 6 nitrogen and oxygen atoms in total. The van der Waals surface area contributed by atoms with Gasteiger partial charge in [0.2, 0.25) is 10.0 Å². The van der Waals surface area contributed by atoms with E-state index in [0.29, 0.717) is 0 Å². The lowest BCUT2D eigenvalue weighted by Gasteiger charge is -2.08. The molecule has 0 bridgehead atoms. The molecule has 2 rings (SSSR count). The number of anilines is 1. The maximum absolute atomic E-state index is 13.3. The molecule has 2 aromatic carbocycles. The van der Waals surface area contributed by atoms with Crippen molar-refractivity contribution in [1.29, 1.82) is 0 Å². The number of sulfonamides is 1. The fourth-order valence-electron chi connectivity index (χ4n) is 1.68. The van der Waals surface area contributed by atoms with Gasteiger partial charge in [-0.05, 0) is 23.8 Å². The minimum absolute atomic E-state index is 0.0318. The third-order valence-corrected chi connectivity index (χ3v) is 3.55. The molecule has 3 N–H and O–H groups in total. The standard InChI is InChI=1S/C14H13FN2O4S/c15-11-6-12(8-13(7-11)22(16,19)20)17-14(18)21-9-10-4-2-1-3-5-10/h1-8H,9H2,(H,17,18)(H2,16,19,20). The molecule has 0 aliphatic rings. The van der Waals surface area contributed by atoms with Crippen LogP contribution in [-0.4, -0.2) is 14.5 Å². The summed E-state index contributed by atoms with van der Waals surface area (Å²) in [5.41, 5.74) is 0.712. The second-order valence-electron chi connectivity index (χ2n) is 4.41. The molecule has 0 aliphatic heterocycles. The lowest BCUT2D eigenvalue weighted by atomic mass is 10.2. The van der Waals surface area contributed by atoms with Gasteiger partial charge < -0.3 is 4.74 Å². The van der Waals surface area contributed by atoms with Crippen LogP contribution in [0, 0.1) is 5.82 Å². The van der Waals surface area contributed by atoms with Crippen LogP contribution in [0.3, 0.4) is 0 Å². The first-order valence-corrected chi connectivity index (χ1v) is 7.70. The van der Waals surface area contributed by atoms with E-state index in [0.717, 1.165) is 23.8 Å². The van der Waals surface area contributed by atoms with Gasteiger partial charge in [-0.15, -0.1) is 0 Å². The van der Waals surface area contributed by atoms with Crippen molar-refractivity contribution in [3.8, 4) is 0 Å². The second kappa shape index (κ2) is 6.54. The topological polar surface area (TPSA) is 98.5 Å². The third-order valence-electron chi connectivity index (χ3n) is 2.66. The monoisotopic (exact) mass is 324 g/mol. The SMILES string of the molecule is NS(=O)(=O)c1cc(F)cc(NC(=O)OCc2ccccc2)c1. The van der Waals surface area contributed by atoms with Gasteiger partial charge in [0.15, 0.2) is 0 Å². The molecule has 0 saturated heterocycles. The molecule has 0 heterocycles. The van der Waals surface area contributed by atoms with Crippen molar-refractivity contribution in [3.05, 3.63) is 59.9 Å². The van der Waals surface area contributed by atoms with Crippen molar-refractivity contribution in [1.82, 2.24) is 0 Å². The van der Waals surface area contributed by atoms with Gasteiger partial charge in [-0.1, -0.05) is 30.3 Å². The molecule has 2 aromatic rings. The van der Waals surface area contributed by atoms with Crippen LogP contribution in [0.4, 0.5) is 14.9 Å². The number of hydrogen-bond donors (Lipinski definition) is 2. The Morgan fingerprint density at radius 3 is 2.50 bits per heavy atom. The number of ether oxygens (including phenoxy) is 1. The molecule has 22 heavy (non-hydrogen) atoms. The number of benzene rings is 2. The van der Waals surface area contributed by atoms with E-state index in [1.165, 1.54) is 0 Å². The largest absolute Gasteiger partial charge is 0.444 e. The lowest BCUT2D eigenvalue weighted by molar-refractivity contribution is 0.155. The molecule has 1 amide bonds. The average Bonchev–Trinajstić information content (AvgIpc) is 2.45. The van der Waals surface area contributed by atoms with Crippen LogP contribution in [-0.2, 0) is 21.4 Å². The van der Waals surface area contributed by atoms with Gasteiger partial charge in [-0.25, -0.2) is 22.7 Å². The van der Waals surface area contributed by atoms with E-state index in [4.69, 9.17) is 9.88 Å². The van der Waals surface area contributed by atoms with E-state index >= 15 is 0 Å². The first-order valence-electron chi connectivity index (χ1n) is 6.16. The highest BCUT2D eigenvalue weighted by molar-refractivity contribution is 7.89. The number of hydrogen-bond acceptors (Lipinski definition) is 4. The van der Waals surface area contributed by atoms with E-state index in [2.05, 4.69) is 5.32 Å². The van der Waals surface area contributed by atoms with E-state index in [-0.39, 0.29) is 12.3 Å². The number of amides is 1. The summed E-state index contributed by atoms with van der Waals surface area (Å²) < 4.78 is 40.7. The van der Waals surface area contributed by atoms with Gasteiger partial charge in [0, 0.05) is 5.69 Å². The van der Waals surface area contributed by atoms with Crippen LogP contribution >= 0.6 is 0 Å². The molecular formula is C14H13FN2O4S. The summed E-state index contributed by atoms with van der Waals surface area (Å²) in [6.07, 6.45) is -0.838. The highest BCUT2D eigenvalue weighted by Crippen LogP contribution is 2.17. The molecule has 0 saturated carbocycles. The van der Waals surface area contributed by atoms with Crippen LogP contribution in [0.15, 0.2) is 53.4 Å². The van der Waals surface area contributed by atoms with Crippen molar-refractivity contribution in [2.75, 3.05) is 5.32 Å². The summed E-state index contributed by atoms with van der Waals surface area (Å²) in [7, 11) is -4.07. The van der Waals surface area contributed by atoms with Gasteiger partial charge in [0.25, 0.3) is 0 Å². The Morgan fingerprint density at radius 1 is 1.18 bits per heavy atom. The summed E-state index contributed by atoms with van der Waals surface area (Å²) in [5, 5.41) is 7.17. The van der Waals surface area contributed by atoms with Gasteiger partial charge in [0.1, 0.15) is 12.4 Å². The van der Waals surface area contributed by atoms with Crippen LogP contribution in [0.5, 0.6) is 0 Å². The molecule has 0 atom stereocenters. The van der Waals surface area contributed by atoms with Crippen molar-refractivity contribution in [2.24, 2.45) is 5.14 Å². The number of nitrogens with two attached hydrogens (primary N) is 1. The summed E-state index contributed by atoms with van der Waals surface area (Å²) in [6, 6.07) is 11.7. The number of carbonyl (C=O) groups is 1. The molecule has 0 unspecified atom stereocenters. The zero-order valence-corrected chi connectivity index (χ0v) is 12.1. The lowest BCUT2D eigenvalue weighted by Crippen LogP contribution is -2.16. The first kappa shape index (κ1) is 15.9. The minimum Gasteiger partial charge on any atom is -0.444 e. The Bertz CT molecular complexity index is 779. The Balaban J connectivity index is 2.04. The third kappa shape index (κ3) is 4.54. The van der Waals surface area contributed by atoms with Crippen molar-refractivity contribution in [3.63, 3.8) is 0 Å². The highest BCUT2D eigenvalue weighted by atomic mass is 32.2. The number of primary sulfonamides is 1.